The van der Waals surface area contributed by atoms with Gasteiger partial charge in [0.15, 0.2) is 0 Å². The van der Waals surface area contributed by atoms with Crippen molar-refractivity contribution < 1.29 is 0 Å². The van der Waals surface area contributed by atoms with Gasteiger partial charge in [0.2, 0.25) is 0 Å². The molecule has 16 heavy (non-hydrogen) atoms. The normalized spacial score (nSPS) is 22.5. The molecule has 90 valence electrons. The van der Waals surface area contributed by atoms with Crippen LogP contribution in [-0.2, 0) is 6.54 Å². The maximum Gasteiger partial charge on any atom is 0.0535 e. The summed E-state index contributed by atoms with van der Waals surface area (Å²) < 4.78 is 0. The lowest BCUT2D eigenvalue weighted by molar-refractivity contribution is 0.439. The van der Waals surface area contributed by atoms with Crippen molar-refractivity contribution in [1.29, 1.82) is 0 Å². The van der Waals surface area contributed by atoms with Crippen LogP contribution < -0.4 is 10.6 Å². The van der Waals surface area contributed by atoms with Crippen LogP contribution in [0.5, 0.6) is 0 Å². The fourth-order valence-corrected chi connectivity index (χ4v) is 2.31. The van der Waals surface area contributed by atoms with Crippen molar-refractivity contribution in [1.82, 2.24) is 20.8 Å². The van der Waals surface area contributed by atoms with Crippen molar-refractivity contribution >= 4 is 0 Å². The lowest BCUT2D eigenvalue weighted by Crippen LogP contribution is -2.33. The topological polar surface area (TPSA) is 52.7 Å². The monoisotopic (exact) mass is 222 g/mol. The van der Waals surface area contributed by atoms with Gasteiger partial charge >= 0.3 is 0 Å². The molecule has 0 amide bonds. The van der Waals surface area contributed by atoms with E-state index in [1.54, 1.807) is 0 Å². The molecular weight excluding hydrogens is 200 g/mol. The summed E-state index contributed by atoms with van der Waals surface area (Å²) in [6, 6.07) is 1.28. The first-order valence-electron chi connectivity index (χ1n) is 6.21. The molecule has 0 aliphatic carbocycles. The molecule has 3 N–H and O–H groups in total. The highest BCUT2D eigenvalue weighted by atomic mass is 15.1. The summed E-state index contributed by atoms with van der Waals surface area (Å²) in [7, 11) is 0. The van der Waals surface area contributed by atoms with Crippen molar-refractivity contribution in [3.05, 3.63) is 17.5 Å². The minimum atomic E-state index is 0.560. The Hall–Kier alpha value is -0.870. The van der Waals surface area contributed by atoms with Gasteiger partial charge in [-0.1, -0.05) is 0 Å². The number of aromatic nitrogens is 2. The van der Waals surface area contributed by atoms with E-state index in [1.807, 2.05) is 6.20 Å². The molecular formula is C12H22N4. The molecule has 0 aromatic carbocycles. The Balaban J connectivity index is 1.71. The van der Waals surface area contributed by atoms with Crippen LogP contribution >= 0.6 is 0 Å². The van der Waals surface area contributed by atoms with E-state index in [-0.39, 0.29) is 0 Å². The number of hydrogen-bond acceptors (Lipinski definition) is 3. The summed E-state index contributed by atoms with van der Waals surface area (Å²) in [4.78, 5) is 0. The van der Waals surface area contributed by atoms with Gasteiger partial charge in [0.25, 0.3) is 0 Å². The van der Waals surface area contributed by atoms with Gasteiger partial charge in [-0.25, -0.2) is 0 Å². The van der Waals surface area contributed by atoms with E-state index < -0.39 is 0 Å². The number of aryl methyl sites for hydroxylation is 1. The summed E-state index contributed by atoms with van der Waals surface area (Å²) >= 11 is 0. The van der Waals surface area contributed by atoms with Crippen molar-refractivity contribution in [2.24, 2.45) is 0 Å². The zero-order valence-corrected chi connectivity index (χ0v) is 10.2. The fourth-order valence-electron chi connectivity index (χ4n) is 2.31. The largest absolute Gasteiger partial charge is 0.314 e. The third-order valence-corrected chi connectivity index (χ3v) is 3.38. The standard InChI is InChI=1S/C12H22N4/c1-9(6-12-4-3-5-13-12)14-7-11-8-15-16-10(11)2/h8-9,12-14H,3-7H2,1-2H3,(H,15,16). The average Bonchev–Trinajstić information content (AvgIpc) is 2.87. The quantitative estimate of drug-likeness (QED) is 0.704. The van der Waals surface area contributed by atoms with Crippen LogP contribution in [0.25, 0.3) is 0 Å². The number of rotatable bonds is 5. The second-order valence-corrected chi connectivity index (χ2v) is 4.83. The van der Waals surface area contributed by atoms with E-state index in [4.69, 9.17) is 0 Å². The van der Waals surface area contributed by atoms with E-state index in [1.165, 1.54) is 37.1 Å². The molecule has 0 saturated carbocycles. The first kappa shape index (κ1) is 11.6. The summed E-state index contributed by atoms with van der Waals surface area (Å²) in [5.41, 5.74) is 2.44. The van der Waals surface area contributed by atoms with Crippen LogP contribution in [0.2, 0.25) is 0 Å². The minimum absolute atomic E-state index is 0.560. The van der Waals surface area contributed by atoms with Gasteiger partial charge in [-0.2, -0.15) is 5.10 Å². The summed E-state index contributed by atoms with van der Waals surface area (Å²) in [6.07, 6.45) is 5.79. The first-order chi connectivity index (χ1) is 7.75. The summed E-state index contributed by atoms with van der Waals surface area (Å²) in [5.74, 6) is 0. The molecule has 0 spiro atoms. The number of nitrogens with zero attached hydrogens (tertiary/aromatic N) is 1. The SMILES string of the molecule is Cc1[nH]ncc1CNC(C)CC1CCCN1. The van der Waals surface area contributed by atoms with Crippen LogP contribution in [-0.4, -0.2) is 28.8 Å². The second-order valence-electron chi connectivity index (χ2n) is 4.83. The van der Waals surface area contributed by atoms with E-state index in [0.717, 1.165) is 6.54 Å². The van der Waals surface area contributed by atoms with Crippen molar-refractivity contribution in [2.45, 2.75) is 51.7 Å². The first-order valence-corrected chi connectivity index (χ1v) is 6.21. The molecule has 1 aromatic heterocycles. The van der Waals surface area contributed by atoms with E-state index in [9.17, 15) is 0 Å². The highest BCUT2D eigenvalue weighted by Crippen LogP contribution is 2.11. The molecule has 0 radical (unpaired) electrons. The Morgan fingerprint density at radius 1 is 1.62 bits per heavy atom. The highest BCUT2D eigenvalue weighted by molar-refractivity contribution is 5.13. The third kappa shape index (κ3) is 3.06. The molecule has 4 nitrogen and oxygen atoms in total. The van der Waals surface area contributed by atoms with Crippen molar-refractivity contribution in [3.63, 3.8) is 0 Å². The summed E-state index contributed by atoms with van der Waals surface area (Å²) in [5, 5.41) is 14.1. The van der Waals surface area contributed by atoms with Crippen LogP contribution in [0, 0.1) is 6.92 Å². The predicted octanol–water partition coefficient (Wildman–Crippen LogP) is 1.34. The van der Waals surface area contributed by atoms with Crippen molar-refractivity contribution in [2.75, 3.05) is 6.54 Å². The van der Waals surface area contributed by atoms with E-state index >= 15 is 0 Å². The fraction of sp³-hybridized carbons (Fsp3) is 0.750. The maximum atomic E-state index is 4.03. The molecule has 2 heterocycles. The molecule has 1 aromatic rings. The van der Waals surface area contributed by atoms with Crippen molar-refractivity contribution in [3.8, 4) is 0 Å². The van der Waals surface area contributed by atoms with Gasteiger partial charge in [0.1, 0.15) is 0 Å². The third-order valence-electron chi connectivity index (χ3n) is 3.38. The molecule has 4 heteroatoms. The highest BCUT2D eigenvalue weighted by Gasteiger charge is 2.16. The molecule has 2 rings (SSSR count). The predicted molar refractivity (Wildman–Crippen MR) is 65.3 cm³/mol. The van der Waals surface area contributed by atoms with E-state index in [0.29, 0.717) is 12.1 Å². The zero-order valence-electron chi connectivity index (χ0n) is 10.2. The Kier molecular flexibility index (Phi) is 3.96. The van der Waals surface area contributed by atoms with Crippen LogP contribution in [0.4, 0.5) is 0 Å². The Bertz CT molecular complexity index is 315. The molecule has 1 aliphatic rings. The Morgan fingerprint density at radius 3 is 3.12 bits per heavy atom. The second kappa shape index (κ2) is 5.46. The van der Waals surface area contributed by atoms with Crippen LogP contribution in [0.1, 0.15) is 37.4 Å². The van der Waals surface area contributed by atoms with Gasteiger partial charge < -0.3 is 10.6 Å². The Labute approximate surface area is 97.2 Å². The smallest absolute Gasteiger partial charge is 0.0535 e. The van der Waals surface area contributed by atoms with E-state index in [2.05, 4.69) is 34.7 Å². The van der Waals surface area contributed by atoms with Gasteiger partial charge in [-0.3, -0.25) is 5.10 Å². The molecule has 1 fully saturated rings. The molecule has 0 bridgehead atoms. The molecule has 2 atom stereocenters. The maximum absolute atomic E-state index is 4.03. The number of aromatic amines is 1. The summed E-state index contributed by atoms with van der Waals surface area (Å²) in [6.45, 7) is 6.43. The van der Waals surface area contributed by atoms with Crippen LogP contribution in [0.15, 0.2) is 6.20 Å². The van der Waals surface area contributed by atoms with Gasteiger partial charge in [-0.05, 0) is 39.7 Å². The molecule has 2 unspecified atom stereocenters. The lowest BCUT2D eigenvalue weighted by atomic mass is 10.1. The Morgan fingerprint density at radius 2 is 2.50 bits per heavy atom. The average molecular weight is 222 g/mol. The van der Waals surface area contributed by atoms with Crippen LogP contribution in [0.3, 0.4) is 0 Å². The minimum Gasteiger partial charge on any atom is -0.314 e. The van der Waals surface area contributed by atoms with Gasteiger partial charge in [0, 0.05) is 29.9 Å². The van der Waals surface area contributed by atoms with Gasteiger partial charge in [0.05, 0.1) is 6.20 Å². The molecule has 1 aliphatic heterocycles. The number of H-pyrrole nitrogens is 1. The number of hydrogen-bond donors (Lipinski definition) is 3. The number of nitrogens with one attached hydrogen (secondary N) is 3. The van der Waals surface area contributed by atoms with Gasteiger partial charge in [-0.15, -0.1) is 0 Å². The lowest BCUT2D eigenvalue weighted by Gasteiger charge is -2.18. The zero-order chi connectivity index (χ0) is 11.4. The molecule has 1 saturated heterocycles.